The zero-order valence-electron chi connectivity index (χ0n) is 14.5. The van der Waals surface area contributed by atoms with Crippen molar-refractivity contribution in [1.82, 2.24) is 5.32 Å². The summed E-state index contributed by atoms with van der Waals surface area (Å²) in [7, 11) is 0. The minimum atomic E-state index is -0.0722. The normalized spacial score (nSPS) is 21.9. The first kappa shape index (κ1) is 16.2. The van der Waals surface area contributed by atoms with Gasteiger partial charge in [-0.15, -0.1) is 0 Å². The lowest BCUT2D eigenvalue weighted by molar-refractivity contribution is -0.117. The van der Waals surface area contributed by atoms with Crippen molar-refractivity contribution < 1.29 is 9.59 Å². The molecule has 5 nitrogen and oxygen atoms in total. The van der Waals surface area contributed by atoms with E-state index in [9.17, 15) is 9.59 Å². The van der Waals surface area contributed by atoms with Crippen LogP contribution in [-0.4, -0.2) is 30.9 Å². The van der Waals surface area contributed by atoms with Gasteiger partial charge in [0.25, 0.3) is 5.91 Å². The molecule has 2 N–H and O–H groups in total. The Hall–Kier alpha value is -2.30. The number of carbonyl (C=O) groups excluding carboxylic acids is 2. The Bertz CT molecular complexity index is 726. The topological polar surface area (TPSA) is 61.4 Å². The van der Waals surface area contributed by atoms with Crippen molar-refractivity contribution in [3.8, 4) is 0 Å². The van der Waals surface area contributed by atoms with Crippen molar-refractivity contribution in [2.24, 2.45) is 0 Å². The molecule has 1 atom stereocenters. The maximum atomic E-state index is 12.4. The van der Waals surface area contributed by atoms with E-state index in [0.717, 1.165) is 43.6 Å². The molecule has 0 bridgehead atoms. The zero-order valence-corrected chi connectivity index (χ0v) is 14.5. The summed E-state index contributed by atoms with van der Waals surface area (Å²) in [5, 5.41) is 5.97. The molecule has 2 heterocycles. The molecule has 25 heavy (non-hydrogen) atoms. The first-order chi connectivity index (χ1) is 12.2. The van der Waals surface area contributed by atoms with Crippen LogP contribution in [0.15, 0.2) is 29.8 Å². The highest BCUT2D eigenvalue weighted by Crippen LogP contribution is 2.37. The van der Waals surface area contributed by atoms with E-state index in [1.165, 1.54) is 24.8 Å². The van der Waals surface area contributed by atoms with Gasteiger partial charge in [0, 0.05) is 18.7 Å². The lowest BCUT2D eigenvalue weighted by Gasteiger charge is -2.33. The van der Waals surface area contributed by atoms with Crippen molar-refractivity contribution in [3.63, 3.8) is 0 Å². The summed E-state index contributed by atoms with van der Waals surface area (Å²) < 4.78 is 0. The van der Waals surface area contributed by atoms with Gasteiger partial charge < -0.3 is 15.5 Å². The molecule has 1 unspecified atom stereocenters. The Balaban J connectivity index is 1.41. The summed E-state index contributed by atoms with van der Waals surface area (Å²) in [5.74, 6) is -0.0243. The zero-order chi connectivity index (χ0) is 17.2. The Labute approximate surface area is 148 Å². The fourth-order valence-corrected chi connectivity index (χ4v) is 4.14. The highest BCUT2D eigenvalue weighted by atomic mass is 16.2. The minimum absolute atomic E-state index is 0.0454. The summed E-state index contributed by atoms with van der Waals surface area (Å²) in [6.45, 7) is 1.58. The third kappa shape index (κ3) is 3.28. The number of nitrogens with one attached hydrogen (secondary N) is 2. The molecular formula is C20H25N3O2. The van der Waals surface area contributed by atoms with Crippen LogP contribution < -0.4 is 15.5 Å². The number of hydrogen-bond acceptors (Lipinski definition) is 3. The molecule has 1 fully saturated rings. The highest BCUT2D eigenvalue weighted by molar-refractivity contribution is 6.06. The van der Waals surface area contributed by atoms with E-state index < -0.39 is 0 Å². The van der Waals surface area contributed by atoms with E-state index >= 15 is 0 Å². The van der Waals surface area contributed by atoms with Crippen molar-refractivity contribution in [2.75, 3.05) is 23.3 Å². The van der Waals surface area contributed by atoms with Gasteiger partial charge >= 0.3 is 0 Å². The second-order valence-corrected chi connectivity index (χ2v) is 7.19. The first-order valence-corrected chi connectivity index (χ1v) is 9.40. The van der Waals surface area contributed by atoms with Gasteiger partial charge in [-0.3, -0.25) is 9.59 Å². The molecular weight excluding hydrogens is 314 g/mol. The molecule has 1 aromatic rings. The number of hydrogen-bond donors (Lipinski definition) is 2. The molecule has 2 amide bonds. The van der Waals surface area contributed by atoms with Crippen LogP contribution in [0.4, 0.5) is 11.4 Å². The maximum absolute atomic E-state index is 12.4. The van der Waals surface area contributed by atoms with E-state index in [4.69, 9.17) is 0 Å². The molecule has 1 aliphatic carbocycles. The summed E-state index contributed by atoms with van der Waals surface area (Å²) in [6, 6.07) is 5.58. The van der Waals surface area contributed by atoms with Gasteiger partial charge in [0.15, 0.2) is 0 Å². The predicted octanol–water partition coefficient (Wildman–Crippen LogP) is 3.23. The van der Waals surface area contributed by atoms with E-state index in [2.05, 4.69) is 21.6 Å². The van der Waals surface area contributed by atoms with E-state index in [0.29, 0.717) is 12.1 Å². The Morgan fingerprint density at radius 1 is 1.28 bits per heavy atom. The monoisotopic (exact) mass is 339 g/mol. The van der Waals surface area contributed by atoms with Crippen LogP contribution in [0.25, 0.3) is 0 Å². The maximum Gasteiger partial charge on any atom is 0.251 e. The highest BCUT2D eigenvalue weighted by Gasteiger charge is 2.36. The van der Waals surface area contributed by atoms with Gasteiger partial charge in [0.1, 0.15) is 6.04 Å². The second kappa shape index (κ2) is 6.90. The van der Waals surface area contributed by atoms with Crippen LogP contribution in [0.3, 0.4) is 0 Å². The van der Waals surface area contributed by atoms with Crippen LogP contribution in [0, 0.1) is 0 Å². The summed E-state index contributed by atoms with van der Waals surface area (Å²) >= 11 is 0. The molecule has 0 aromatic heterocycles. The average molecular weight is 339 g/mol. The van der Waals surface area contributed by atoms with Gasteiger partial charge in [0.05, 0.1) is 11.4 Å². The summed E-state index contributed by atoms with van der Waals surface area (Å²) in [6.07, 6.45) is 10.1. The number of nitrogens with zero attached hydrogens (tertiary/aromatic N) is 1. The number of carbonyl (C=O) groups is 2. The summed E-state index contributed by atoms with van der Waals surface area (Å²) in [4.78, 5) is 26.8. The van der Waals surface area contributed by atoms with Gasteiger partial charge in [-0.05, 0) is 63.1 Å². The molecule has 1 aromatic carbocycles. The standard InChI is InChI=1S/C20H25N3O2/c24-19(21-11-10-14-5-2-1-3-6-14)15-8-9-17-16(13-15)22-20(25)18-7-4-12-23(17)18/h5,8-9,13,18H,1-4,6-7,10-12H2,(H,21,24)(H,22,25). The number of amides is 2. The molecule has 2 aliphatic heterocycles. The fourth-order valence-electron chi connectivity index (χ4n) is 4.14. The average Bonchev–Trinajstić information content (AvgIpc) is 3.13. The fraction of sp³-hybridized carbons (Fsp3) is 0.500. The Morgan fingerprint density at radius 3 is 3.04 bits per heavy atom. The van der Waals surface area contributed by atoms with Crippen LogP contribution >= 0.6 is 0 Å². The van der Waals surface area contributed by atoms with Gasteiger partial charge in [-0.25, -0.2) is 0 Å². The lowest BCUT2D eigenvalue weighted by Crippen LogP contribution is -2.44. The van der Waals surface area contributed by atoms with Gasteiger partial charge in [-0.1, -0.05) is 11.6 Å². The molecule has 3 aliphatic rings. The number of rotatable bonds is 4. The number of fused-ring (bicyclic) bond motifs is 3. The molecule has 1 saturated heterocycles. The lowest BCUT2D eigenvalue weighted by atomic mass is 9.97. The van der Waals surface area contributed by atoms with Gasteiger partial charge in [-0.2, -0.15) is 0 Å². The third-order valence-corrected chi connectivity index (χ3v) is 5.50. The molecule has 0 radical (unpaired) electrons. The number of anilines is 2. The molecule has 5 heteroatoms. The Kier molecular flexibility index (Phi) is 4.47. The van der Waals surface area contributed by atoms with Crippen LogP contribution in [0.1, 0.15) is 55.3 Å². The minimum Gasteiger partial charge on any atom is -0.358 e. The van der Waals surface area contributed by atoms with Crippen LogP contribution in [-0.2, 0) is 4.79 Å². The molecule has 0 spiro atoms. The van der Waals surface area contributed by atoms with Crippen molar-refractivity contribution in [3.05, 3.63) is 35.4 Å². The van der Waals surface area contributed by atoms with Gasteiger partial charge in [0.2, 0.25) is 5.91 Å². The molecule has 4 rings (SSSR count). The van der Waals surface area contributed by atoms with Crippen molar-refractivity contribution >= 4 is 23.2 Å². The van der Waals surface area contributed by atoms with Crippen molar-refractivity contribution in [1.29, 1.82) is 0 Å². The van der Waals surface area contributed by atoms with Crippen molar-refractivity contribution in [2.45, 2.75) is 51.0 Å². The van der Waals surface area contributed by atoms with E-state index in [-0.39, 0.29) is 17.9 Å². The number of benzene rings is 1. The number of allylic oxidation sites excluding steroid dienone is 1. The van der Waals surface area contributed by atoms with Crippen LogP contribution in [0.5, 0.6) is 0 Å². The molecule has 0 saturated carbocycles. The Morgan fingerprint density at radius 2 is 2.20 bits per heavy atom. The molecule has 132 valence electrons. The van der Waals surface area contributed by atoms with E-state index in [1.54, 1.807) is 6.07 Å². The largest absolute Gasteiger partial charge is 0.358 e. The smallest absolute Gasteiger partial charge is 0.251 e. The SMILES string of the molecule is O=C(NCCC1=CCCCC1)c1ccc2c(c1)NC(=O)C1CCCN21. The quantitative estimate of drug-likeness (QED) is 0.828. The van der Waals surface area contributed by atoms with Crippen LogP contribution in [0.2, 0.25) is 0 Å². The summed E-state index contributed by atoms with van der Waals surface area (Å²) in [5.41, 5.74) is 3.86. The van der Waals surface area contributed by atoms with E-state index in [1.807, 2.05) is 12.1 Å². The first-order valence-electron chi connectivity index (χ1n) is 9.40. The third-order valence-electron chi connectivity index (χ3n) is 5.50. The predicted molar refractivity (Wildman–Crippen MR) is 98.9 cm³/mol. The second-order valence-electron chi connectivity index (χ2n) is 7.19.